The van der Waals surface area contributed by atoms with Gasteiger partial charge in [-0.1, -0.05) is 6.08 Å². The molecule has 144 valence electrons. The number of esters is 2. The number of nitrogens with zero attached hydrogens (tertiary/aromatic N) is 1. The summed E-state index contributed by atoms with van der Waals surface area (Å²) < 4.78 is 11.1. The molecule has 2 heterocycles. The van der Waals surface area contributed by atoms with E-state index in [0.717, 1.165) is 25.0 Å². The molecule has 0 aromatic rings. The molecule has 1 fully saturated rings. The van der Waals surface area contributed by atoms with Gasteiger partial charge in [-0.3, -0.25) is 9.69 Å². The Morgan fingerprint density at radius 3 is 3.00 bits per heavy atom. The van der Waals surface area contributed by atoms with Crippen molar-refractivity contribution in [2.24, 2.45) is 11.8 Å². The molecule has 0 spiro atoms. The summed E-state index contributed by atoms with van der Waals surface area (Å²) in [6, 6.07) is 0. The van der Waals surface area contributed by atoms with E-state index in [1.807, 2.05) is 14.1 Å². The Morgan fingerprint density at radius 1 is 1.42 bits per heavy atom. The summed E-state index contributed by atoms with van der Waals surface area (Å²) in [6.07, 6.45) is 7.38. The number of hydrogen-bond acceptors (Lipinski definition) is 7. The summed E-state index contributed by atoms with van der Waals surface area (Å²) in [5.74, 6) is -0.767. The summed E-state index contributed by atoms with van der Waals surface area (Å²) in [6.45, 7) is 0.236. The van der Waals surface area contributed by atoms with Crippen molar-refractivity contribution in [2.75, 3.05) is 20.6 Å². The second-order valence-corrected chi connectivity index (χ2v) is 7.60. The first-order valence-corrected chi connectivity index (χ1v) is 9.30. The first kappa shape index (κ1) is 18.9. The number of ether oxygens (including phenoxy) is 2. The maximum absolute atomic E-state index is 12.0. The van der Waals surface area contributed by atoms with Crippen molar-refractivity contribution < 1.29 is 24.2 Å². The van der Waals surface area contributed by atoms with Gasteiger partial charge in [0.2, 0.25) is 0 Å². The fourth-order valence-corrected chi connectivity index (χ4v) is 4.06. The van der Waals surface area contributed by atoms with E-state index in [4.69, 9.17) is 9.47 Å². The highest BCUT2D eigenvalue weighted by atomic mass is 16.6. The fraction of sp³-hybridized carbons (Fsp3) is 0.684. The molecule has 1 aliphatic carbocycles. The van der Waals surface area contributed by atoms with E-state index in [9.17, 15) is 14.7 Å². The average molecular weight is 364 g/mol. The monoisotopic (exact) mass is 364 g/mol. The lowest BCUT2D eigenvalue weighted by atomic mass is 9.87. The molecule has 0 amide bonds. The third kappa shape index (κ3) is 4.65. The molecule has 3 aliphatic rings. The lowest BCUT2D eigenvalue weighted by Gasteiger charge is -2.29. The third-order valence-electron chi connectivity index (χ3n) is 5.20. The van der Waals surface area contributed by atoms with Crippen LogP contribution in [0.25, 0.3) is 0 Å². The topological polar surface area (TPSA) is 88.1 Å². The van der Waals surface area contributed by atoms with Crippen LogP contribution in [-0.2, 0) is 19.1 Å². The minimum atomic E-state index is -0.785. The molecule has 0 unspecified atom stereocenters. The van der Waals surface area contributed by atoms with Crippen LogP contribution in [0.5, 0.6) is 0 Å². The van der Waals surface area contributed by atoms with Crippen molar-refractivity contribution in [3.63, 3.8) is 0 Å². The standard InChI is InChI=1S/C19H28N2O5/c1-21(2)11-19(24)25-12-9-13-14(10-12)16(22)7-8-18(23)26-17-6-4-3-5-15(13)20-17/h5,7-8,12-14,16-17,20,22H,3-4,6,9-11H2,1-2H3/t12-,13+,14+,16+,17+/m0/s1. The van der Waals surface area contributed by atoms with Crippen molar-refractivity contribution >= 4 is 11.9 Å². The maximum atomic E-state index is 12.0. The fourth-order valence-electron chi connectivity index (χ4n) is 4.06. The zero-order chi connectivity index (χ0) is 18.7. The summed E-state index contributed by atoms with van der Waals surface area (Å²) in [7, 11) is 3.64. The van der Waals surface area contributed by atoms with E-state index in [1.54, 1.807) is 4.90 Å². The Hall–Kier alpha value is -1.86. The van der Waals surface area contributed by atoms with Gasteiger partial charge in [-0.05, 0) is 45.9 Å². The van der Waals surface area contributed by atoms with Crippen LogP contribution in [0.4, 0.5) is 0 Å². The number of carbonyl (C=O) groups is 2. The molecule has 0 saturated heterocycles. The van der Waals surface area contributed by atoms with Gasteiger partial charge in [0, 0.05) is 30.0 Å². The Bertz CT molecular complexity index is 601. The van der Waals surface area contributed by atoms with Gasteiger partial charge >= 0.3 is 11.9 Å². The minimum absolute atomic E-state index is 0.0456. The predicted molar refractivity (Wildman–Crippen MR) is 94.7 cm³/mol. The molecular formula is C19H28N2O5. The van der Waals surface area contributed by atoms with Crippen LogP contribution >= 0.6 is 0 Å². The van der Waals surface area contributed by atoms with Crippen molar-refractivity contribution in [3.8, 4) is 0 Å². The number of aliphatic hydroxyl groups is 1. The Kier molecular flexibility index (Phi) is 5.98. The maximum Gasteiger partial charge on any atom is 0.332 e. The van der Waals surface area contributed by atoms with Gasteiger partial charge in [0.05, 0.1) is 12.6 Å². The second-order valence-electron chi connectivity index (χ2n) is 7.60. The molecule has 2 N–H and O–H groups in total. The highest BCUT2D eigenvalue weighted by molar-refractivity contribution is 5.82. The molecule has 7 nitrogen and oxygen atoms in total. The highest BCUT2D eigenvalue weighted by Crippen LogP contribution is 2.41. The molecule has 7 heteroatoms. The molecule has 3 rings (SSSR count). The van der Waals surface area contributed by atoms with Gasteiger partial charge in [-0.2, -0.15) is 0 Å². The summed E-state index contributed by atoms with van der Waals surface area (Å²) >= 11 is 0. The number of aliphatic hydroxyl groups excluding tert-OH is 1. The smallest absolute Gasteiger partial charge is 0.332 e. The van der Waals surface area contributed by atoms with Gasteiger partial charge < -0.3 is 19.9 Å². The summed E-state index contributed by atoms with van der Waals surface area (Å²) in [5, 5.41) is 13.9. The first-order valence-electron chi connectivity index (χ1n) is 9.30. The minimum Gasteiger partial charge on any atom is -0.461 e. The molecule has 2 bridgehead atoms. The molecule has 0 aromatic carbocycles. The summed E-state index contributed by atoms with van der Waals surface area (Å²) in [5.41, 5.74) is 0.991. The van der Waals surface area contributed by atoms with E-state index < -0.39 is 12.1 Å². The second kappa shape index (κ2) is 8.22. The molecule has 26 heavy (non-hydrogen) atoms. The van der Waals surface area contributed by atoms with Gasteiger partial charge in [-0.25, -0.2) is 4.79 Å². The molecular weight excluding hydrogens is 336 g/mol. The molecule has 1 saturated carbocycles. The Balaban J connectivity index is 1.79. The molecule has 2 aliphatic heterocycles. The van der Waals surface area contributed by atoms with Gasteiger partial charge in [0.1, 0.15) is 6.10 Å². The Labute approximate surface area is 154 Å². The molecule has 0 aromatic heterocycles. The number of fused-ring (bicyclic) bond motifs is 4. The lowest BCUT2D eigenvalue weighted by Crippen LogP contribution is -2.37. The van der Waals surface area contributed by atoms with Crippen LogP contribution < -0.4 is 5.32 Å². The van der Waals surface area contributed by atoms with E-state index in [1.165, 1.54) is 12.2 Å². The zero-order valence-corrected chi connectivity index (χ0v) is 15.4. The predicted octanol–water partition coefficient (Wildman–Crippen LogP) is 0.943. The van der Waals surface area contributed by atoms with Crippen LogP contribution in [-0.4, -0.2) is 61.0 Å². The van der Waals surface area contributed by atoms with E-state index >= 15 is 0 Å². The normalized spacial score (nSPS) is 34.2. The number of likely N-dealkylation sites (N-methyl/N-ethyl adjacent to an activating group) is 1. The number of hydrogen-bond donors (Lipinski definition) is 2. The quantitative estimate of drug-likeness (QED) is 0.721. The van der Waals surface area contributed by atoms with E-state index in [0.29, 0.717) is 12.8 Å². The van der Waals surface area contributed by atoms with E-state index in [-0.39, 0.29) is 36.7 Å². The number of rotatable bonds is 3. The molecule has 0 radical (unpaired) electrons. The van der Waals surface area contributed by atoms with Crippen LogP contribution in [0.15, 0.2) is 23.9 Å². The Morgan fingerprint density at radius 2 is 2.23 bits per heavy atom. The number of carbonyl (C=O) groups excluding carboxylic acids is 2. The molecule has 5 atom stereocenters. The van der Waals surface area contributed by atoms with Gasteiger partial charge in [0.25, 0.3) is 0 Å². The zero-order valence-electron chi connectivity index (χ0n) is 15.4. The first-order chi connectivity index (χ1) is 12.4. The number of allylic oxidation sites excluding steroid dienone is 2. The van der Waals surface area contributed by atoms with Gasteiger partial charge in [-0.15, -0.1) is 0 Å². The lowest BCUT2D eigenvalue weighted by molar-refractivity contribution is -0.149. The van der Waals surface area contributed by atoms with Crippen molar-refractivity contribution in [3.05, 3.63) is 23.9 Å². The SMILES string of the molecule is CN(C)CC(=O)O[C@@H]1C[C@H]2[C@H](O)C=CC(=O)O[C@@H]3CCCC=C(N3)[C@@H]2C1. The van der Waals surface area contributed by atoms with Crippen LogP contribution in [0, 0.1) is 11.8 Å². The largest absolute Gasteiger partial charge is 0.461 e. The third-order valence-corrected chi connectivity index (χ3v) is 5.20. The van der Waals surface area contributed by atoms with Crippen LogP contribution in [0.2, 0.25) is 0 Å². The van der Waals surface area contributed by atoms with Crippen LogP contribution in [0.3, 0.4) is 0 Å². The van der Waals surface area contributed by atoms with Gasteiger partial charge in [0.15, 0.2) is 6.23 Å². The van der Waals surface area contributed by atoms with Crippen molar-refractivity contribution in [1.29, 1.82) is 0 Å². The number of nitrogens with one attached hydrogen (secondary N) is 1. The average Bonchev–Trinajstić information content (AvgIpc) is 2.83. The highest BCUT2D eigenvalue weighted by Gasteiger charge is 2.42. The summed E-state index contributed by atoms with van der Waals surface area (Å²) in [4.78, 5) is 25.7. The van der Waals surface area contributed by atoms with Crippen LogP contribution in [0.1, 0.15) is 32.1 Å². The van der Waals surface area contributed by atoms with Crippen molar-refractivity contribution in [1.82, 2.24) is 10.2 Å². The van der Waals surface area contributed by atoms with E-state index in [2.05, 4.69) is 11.4 Å². The van der Waals surface area contributed by atoms with Crippen molar-refractivity contribution in [2.45, 2.75) is 50.5 Å².